The summed E-state index contributed by atoms with van der Waals surface area (Å²) in [7, 11) is 4.11. The molecule has 5 rings (SSSR count). The van der Waals surface area contributed by atoms with Crippen LogP contribution < -0.4 is 5.32 Å². The molecule has 0 spiro atoms. The van der Waals surface area contributed by atoms with Gasteiger partial charge in [0.05, 0.1) is 11.1 Å². The number of piperidine rings is 1. The summed E-state index contributed by atoms with van der Waals surface area (Å²) in [6.45, 7) is 1.01. The number of fused-ring (bicyclic) bond motifs is 1. The van der Waals surface area contributed by atoms with Gasteiger partial charge in [-0.25, -0.2) is 0 Å². The number of aromatic nitrogens is 1. The van der Waals surface area contributed by atoms with E-state index in [0.29, 0.717) is 29.7 Å². The fourth-order valence-corrected chi connectivity index (χ4v) is 5.18. The van der Waals surface area contributed by atoms with E-state index < -0.39 is 0 Å². The highest BCUT2D eigenvalue weighted by Crippen LogP contribution is 2.28. The van der Waals surface area contributed by atoms with Crippen molar-refractivity contribution >= 4 is 22.7 Å². The van der Waals surface area contributed by atoms with Gasteiger partial charge in [0, 0.05) is 42.3 Å². The van der Waals surface area contributed by atoms with Gasteiger partial charge in [-0.3, -0.25) is 14.6 Å². The minimum atomic E-state index is -0.170. The van der Waals surface area contributed by atoms with E-state index in [2.05, 4.69) is 29.3 Å². The molecule has 1 N–H and O–H groups in total. The number of nitrogens with one attached hydrogen (secondary N) is 1. The second-order valence-electron chi connectivity index (χ2n) is 9.81. The maximum absolute atomic E-state index is 14.0. The number of nitrogens with zero attached hydrogens (tertiary/aromatic N) is 3. The molecule has 2 heterocycles. The lowest BCUT2D eigenvalue weighted by Crippen LogP contribution is -2.55. The highest BCUT2D eigenvalue weighted by Gasteiger charge is 2.34. The Morgan fingerprint density at radius 3 is 2.43 bits per heavy atom. The Balaban J connectivity index is 1.40. The lowest BCUT2D eigenvalue weighted by molar-refractivity contribution is 0.0470. The zero-order valence-electron chi connectivity index (χ0n) is 21.3. The van der Waals surface area contributed by atoms with Gasteiger partial charge in [-0.1, -0.05) is 66.7 Å². The molecule has 6 heteroatoms. The van der Waals surface area contributed by atoms with Crippen molar-refractivity contribution in [3.63, 3.8) is 0 Å². The molecule has 2 amide bonds. The summed E-state index contributed by atoms with van der Waals surface area (Å²) in [6.07, 6.45) is 3.48. The number of benzene rings is 3. The molecule has 6 nitrogen and oxygen atoms in total. The first-order valence-electron chi connectivity index (χ1n) is 12.8. The molecule has 1 fully saturated rings. The maximum atomic E-state index is 14.0. The van der Waals surface area contributed by atoms with E-state index in [1.807, 2.05) is 83.8 Å². The molecule has 3 aromatic carbocycles. The normalized spacial score (nSPS) is 17.6. The third kappa shape index (κ3) is 5.25. The molecular formula is C31H32N4O2. The van der Waals surface area contributed by atoms with E-state index in [1.165, 1.54) is 0 Å². The molecule has 1 aliphatic rings. The molecule has 1 aromatic heterocycles. The first-order chi connectivity index (χ1) is 18.0. The monoisotopic (exact) mass is 492 g/mol. The number of para-hydroxylation sites is 1. The Morgan fingerprint density at radius 1 is 0.892 bits per heavy atom. The molecule has 2 atom stereocenters. The first-order valence-corrected chi connectivity index (χ1v) is 12.8. The van der Waals surface area contributed by atoms with Gasteiger partial charge >= 0.3 is 0 Å². The summed E-state index contributed by atoms with van der Waals surface area (Å²) in [6, 6.07) is 27.4. The van der Waals surface area contributed by atoms with Gasteiger partial charge in [0.2, 0.25) is 0 Å². The largest absolute Gasteiger partial charge is 0.350 e. The van der Waals surface area contributed by atoms with Gasteiger partial charge in [-0.15, -0.1) is 0 Å². The fraction of sp³-hybridized carbons (Fsp3) is 0.258. The predicted molar refractivity (Wildman–Crippen MR) is 147 cm³/mol. The fourth-order valence-electron chi connectivity index (χ4n) is 5.18. The summed E-state index contributed by atoms with van der Waals surface area (Å²) in [4.78, 5) is 35.8. The van der Waals surface area contributed by atoms with Crippen molar-refractivity contribution in [1.29, 1.82) is 0 Å². The lowest BCUT2D eigenvalue weighted by atomic mass is 9.94. The molecule has 0 radical (unpaired) electrons. The Bertz CT molecular complexity index is 1400. The van der Waals surface area contributed by atoms with Crippen LogP contribution in [0.2, 0.25) is 0 Å². The predicted octanol–water partition coefficient (Wildman–Crippen LogP) is 4.87. The van der Waals surface area contributed by atoms with Crippen molar-refractivity contribution in [2.24, 2.45) is 0 Å². The van der Waals surface area contributed by atoms with Crippen LogP contribution >= 0.6 is 0 Å². The molecule has 37 heavy (non-hydrogen) atoms. The molecule has 1 aliphatic heterocycles. The zero-order chi connectivity index (χ0) is 25.8. The Hall–Kier alpha value is -4.03. The number of hydrogen-bond acceptors (Lipinski definition) is 4. The average Bonchev–Trinajstić information content (AvgIpc) is 2.95. The molecule has 2 unspecified atom stereocenters. The van der Waals surface area contributed by atoms with Gasteiger partial charge in [0.25, 0.3) is 11.8 Å². The van der Waals surface area contributed by atoms with E-state index in [0.717, 1.165) is 29.4 Å². The van der Waals surface area contributed by atoms with Crippen molar-refractivity contribution in [3.8, 4) is 11.1 Å². The van der Waals surface area contributed by atoms with Gasteiger partial charge < -0.3 is 15.1 Å². The number of pyridine rings is 1. The highest BCUT2D eigenvalue weighted by atomic mass is 16.2. The van der Waals surface area contributed by atoms with Crippen molar-refractivity contribution in [1.82, 2.24) is 20.1 Å². The van der Waals surface area contributed by atoms with Crippen molar-refractivity contribution in [2.45, 2.75) is 24.9 Å². The van der Waals surface area contributed by atoms with Crippen LogP contribution in [0.3, 0.4) is 0 Å². The molecule has 0 bridgehead atoms. The van der Waals surface area contributed by atoms with Crippen LogP contribution in [-0.2, 0) is 0 Å². The van der Waals surface area contributed by atoms with Gasteiger partial charge in [0.1, 0.15) is 0 Å². The summed E-state index contributed by atoms with van der Waals surface area (Å²) in [5.74, 6) is -0.173. The van der Waals surface area contributed by atoms with Crippen LogP contribution in [0.5, 0.6) is 0 Å². The first kappa shape index (κ1) is 24.7. The van der Waals surface area contributed by atoms with Crippen LogP contribution in [0, 0.1) is 0 Å². The minimum Gasteiger partial charge on any atom is -0.350 e. The van der Waals surface area contributed by atoms with E-state index in [-0.39, 0.29) is 23.9 Å². The quantitative estimate of drug-likeness (QED) is 0.417. The van der Waals surface area contributed by atoms with E-state index in [9.17, 15) is 9.59 Å². The van der Waals surface area contributed by atoms with Gasteiger partial charge in [-0.05, 0) is 56.3 Å². The number of amides is 2. The standard InChI is InChI=1S/C31H32N4O2/c1-34(2)25-18-17-24(20-33-30(36)28-16-8-12-23-13-9-19-32-29(23)28)35(21-25)31(37)27-15-7-6-14-26(27)22-10-4-3-5-11-22/h3-16,19,24-25H,17-18,20-21H2,1-2H3,(H,33,36). The SMILES string of the molecule is CN(C)C1CCC(CNC(=O)c2cccc3cccnc23)N(C(=O)c2ccccc2-c2ccccc2)C1. The average molecular weight is 493 g/mol. The molecular weight excluding hydrogens is 460 g/mol. The Kier molecular flexibility index (Phi) is 7.28. The minimum absolute atomic E-state index is 0.00270. The second kappa shape index (κ2) is 10.9. The summed E-state index contributed by atoms with van der Waals surface area (Å²) in [5, 5.41) is 4.03. The molecule has 4 aromatic rings. The van der Waals surface area contributed by atoms with E-state index >= 15 is 0 Å². The third-order valence-electron chi connectivity index (χ3n) is 7.29. The molecule has 188 valence electrons. The van der Waals surface area contributed by atoms with Gasteiger partial charge in [0.15, 0.2) is 0 Å². The number of carbonyl (C=O) groups is 2. The number of hydrogen-bond donors (Lipinski definition) is 1. The van der Waals surface area contributed by atoms with Crippen molar-refractivity contribution < 1.29 is 9.59 Å². The summed E-state index contributed by atoms with van der Waals surface area (Å²) in [5.41, 5.74) is 3.85. The smallest absolute Gasteiger partial charge is 0.254 e. The van der Waals surface area contributed by atoms with Crippen LogP contribution in [0.1, 0.15) is 33.6 Å². The topological polar surface area (TPSA) is 65.5 Å². The van der Waals surface area contributed by atoms with Crippen LogP contribution in [0.25, 0.3) is 22.0 Å². The molecule has 1 saturated heterocycles. The van der Waals surface area contributed by atoms with Crippen molar-refractivity contribution in [3.05, 3.63) is 102 Å². The van der Waals surface area contributed by atoms with E-state index in [4.69, 9.17) is 0 Å². The Labute approximate surface area is 217 Å². The third-order valence-corrected chi connectivity index (χ3v) is 7.29. The summed E-state index contributed by atoms with van der Waals surface area (Å²) < 4.78 is 0. The zero-order valence-corrected chi connectivity index (χ0v) is 21.3. The van der Waals surface area contributed by atoms with Crippen LogP contribution in [0.4, 0.5) is 0 Å². The van der Waals surface area contributed by atoms with Crippen LogP contribution in [-0.4, -0.2) is 65.9 Å². The molecule has 0 aliphatic carbocycles. The van der Waals surface area contributed by atoms with Gasteiger partial charge in [-0.2, -0.15) is 0 Å². The Morgan fingerprint density at radius 2 is 1.62 bits per heavy atom. The second-order valence-corrected chi connectivity index (χ2v) is 9.81. The number of likely N-dealkylation sites (tertiary alicyclic amines) is 1. The highest BCUT2D eigenvalue weighted by molar-refractivity contribution is 6.05. The number of rotatable bonds is 6. The lowest BCUT2D eigenvalue weighted by Gasteiger charge is -2.42. The summed E-state index contributed by atoms with van der Waals surface area (Å²) >= 11 is 0. The molecule has 0 saturated carbocycles. The van der Waals surface area contributed by atoms with E-state index in [1.54, 1.807) is 12.3 Å². The van der Waals surface area contributed by atoms with Crippen molar-refractivity contribution in [2.75, 3.05) is 27.2 Å². The number of likely N-dealkylation sites (N-methyl/N-ethyl adjacent to an activating group) is 1. The number of carbonyl (C=O) groups excluding carboxylic acids is 2. The van der Waals surface area contributed by atoms with Crippen LogP contribution in [0.15, 0.2) is 91.1 Å². The maximum Gasteiger partial charge on any atom is 0.254 e.